The first-order valence-electron chi connectivity index (χ1n) is 6.98. The van der Waals surface area contributed by atoms with Gasteiger partial charge in [0.15, 0.2) is 0 Å². The second-order valence-corrected chi connectivity index (χ2v) is 7.59. The first kappa shape index (κ1) is 17.5. The van der Waals surface area contributed by atoms with Gasteiger partial charge in [0.1, 0.15) is 0 Å². The van der Waals surface area contributed by atoms with Crippen molar-refractivity contribution in [2.45, 2.75) is 18.2 Å². The largest absolute Gasteiger partial charge is 0.356 e. The molecule has 0 saturated carbocycles. The minimum atomic E-state index is -3.61. The van der Waals surface area contributed by atoms with E-state index in [0.717, 1.165) is 10.0 Å². The van der Waals surface area contributed by atoms with E-state index in [4.69, 9.17) is 0 Å². The van der Waals surface area contributed by atoms with Gasteiger partial charge in [0.25, 0.3) is 10.0 Å². The Morgan fingerprint density at radius 2 is 1.65 bits per heavy atom. The molecule has 0 aliphatic carbocycles. The quantitative estimate of drug-likeness (QED) is 0.787. The minimum Gasteiger partial charge on any atom is -0.356 e. The van der Waals surface area contributed by atoms with Crippen LogP contribution < -0.4 is 10.0 Å². The van der Waals surface area contributed by atoms with Crippen molar-refractivity contribution in [1.29, 1.82) is 0 Å². The van der Waals surface area contributed by atoms with Gasteiger partial charge in [-0.25, -0.2) is 8.42 Å². The van der Waals surface area contributed by atoms with Gasteiger partial charge >= 0.3 is 0 Å². The van der Waals surface area contributed by atoms with E-state index in [1.807, 2.05) is 0 Å². The molecule has 0 aliphatic heterocycles. The Labute approximate surface area is 144 Å². The summed E-state index contributed by atoms with van der Waals surface area (Å²) in [5.41, 5.74) is 1.46. The summed E-state index contributed by atoms with van der Waals surface area (Å²) in [7, 11) is -3.61. The van der Waals surface area contributed by atoms with Crippen LogP contribution in [0.25, 0.3) is 0 Å². The van der Waals surface area contributed by atoms with Crippen LogP contribution in [-0.4, -0.2) is 20.9 Å². The van der Waals surface area contributed by atoms with Crippen molar-refractivity contribution in [3.63, 3.8) is 0 Å². The number of nitrogens with one attached hydrogen (secondary N) is 2. The Hall–Kier alpha value is -1.86. The lowest BCUT2D eigenvalue weighted by atomic mass is 10.1. The van der Waals surface area contributed by atoms with Gasteiger partial charge in [-0.2, -0.15) is 0 Å². The lowest BCUT2D eigenvalue weighted by Gasteiger charge is -2.09. The molecule has 23 heavy (non-hydrogen) atoms. The summed E-state index contributed by atoms with van der Waals surface area (Å²) in [4.78, 5) is 11.0. The molecule has 2 N–H and O–H groups in total. The van der Waals surface area contributed by atoms with Crippen LogP contribution >= 0.6 is 15.9 Å². The minimum absolute atomic E-state index is 0.0807. The summed E-state index contributed by atoms with van der Waals surface area (Å²) in [5, 5.41) is 2.70. The normalized spacial score (nSPS) is 11.0. The maximum Gasteiger partial charge on any atom is 0.261 e. The molecule has 0 spiro atoms. The van der Waals surface area contributed by atoms with E-state index in [1.54, 1.807) is 48.5 Å². The first-order chi connectivity index (χ1) is 10.9. The molecule has 0 atom stereocenters. The van der Waals surface area contributed by atoms with Crippen LogP contribution in [0.3, 0.4) is 0 Å². The van der Waals surface area contributed by atoms with Crippen molar-refractivity contribution in [2.24, 2.45) is 0 Å². The molecule has 2 aromatic carbocycles. The molecule has 5 nitrogen and oxygen atoms in total. The molecule has 2 rings (SSSR count). The maximum absolute atomic E-state index is 12.3. The number of carbonyl (C=O) groups excluding carboxylic acids is 1. The second kappa shape index (κ2) is 7.61. The zero-order valence-corrected chi connectivity index (χ0v) is 14.9. The topological polar surface area (TPSA) is 75.3 Å². The summed E-state index contributed by atoms with van der Waals surface area (Å²) in [6.45, 7) is 1.99. The highest BCUT2D eigenvalue weighted by atomic mass is 79.9. The van der Waals surface area contributed by atoms with Crippen LogP contribution in [0.2, 0.25) is 0 Å². The lowest BCUT2D eigenvalue weighted by molar-refractivity contribution is -0.118. The van der Waals surface area contributed by atoms with Crippen molar-refractivity contribution < 1.29 is 13.2 Å². The second-order valence-electron chi connectivity index (χ2n) is 4.99. The number of anilines is 1. The SMILES string of the molecule is CC(=O)NCCc1ccc(S(=O)(=O)Nc2ccc(Br)cc2)cc1. The summed E-state index contributed by atoms with van der Waals surface area (Å²) >= 11 is 3.30. The summed E-state index contributed by atoms with van der Waals surface area (Å²) in [6, 6.07) is 13.5. The van der Waals surface area contributed by atoms with Gasteiger partial charge in [0, 0.05) is 23.6 Å². The summed E-state index contributed by atoms with van der Waals surface area (Å²) in [6.07, 6.45) is 0.653. The van der Waals surface area contributed by atoms with Crippen LogP contribution in [0.15, 0.2) is 57.9 Å². The fourth-order valence-corrected chi connectivity index (χ4v) is 3.27. The van der Waals surface area contributed by atoms with Gasteiger partial charge in [0.2, 0.25) is 5.91 Å². The van der Waals surface area contributed by atoms with Gasteiger partial charge < -0.3 is 5.32 Å². The van der Waals surface area contributed by atoms with Crippen molar-refractivity contribution >= 4 is 37.5 Å². The standard InChI is InChI=1S/C16H17BrN2O3S/c1-12(20)18-11-10-13-2-8-16(9-3-13)23(21,22)19-15-6-4-14(17)5-7-15/h2-9,19H,10-11H2,1H3,(H,18,20). The Morgan fingerprint density at radius 3 is 2.22 bits per heavy atom. The highest BCUT2D eigenvalue weighted by molar-refractivity contribution is 9.10. The maximum atomic E-state index is 12.3. The van der Waals surface area contributed by atoms with E-state index in [2.05, 4.69) is 26.0 Å². The van der Waals surface area contributed by atoms with Crippen LogP contribution in [0.1, 0.15) is 12.5 Å². The number of amides is 1. The molecule has 0 aliphatic rings. The molecule has 0 saturated heterocycles. The average molecular weight is 397 g/mol. The molecule has 1 amide bonds. The lowest BCUT2D eigenvalue weighted by Crippen LogP contribution is -2.22. The molecule has 0 radical (unpaired) electrons. The summed E-state index contributed by atoms with van der Waals surface area (Å²) < 4.78 is 28.1. The number of benzene rings is 2. The van der Waals surface area contributed by atoms with Gasteiger partial charge in [-0.3, -0.25) is 9.52 Å². The van der Waals surface area contributed by atoms with Gasteiger partial charge in [0.05, 0.1) is 4.90 Å². The Kier molecular flexibility index (Phi) is 5.79. The van der Waals surface area contributed by atoms with E-state index >= 15 is 0 Å². The molecular weight excluding hydrogens is 380 g/mol. The van der Waals surface area contributed by atoms with E-state index in [1.165, 1.54) is 6.92 Å². The molecule has 0 fully saturated rings. The molecule has 7 heteroatoms. The van der Waals surface area contributed by atoms with Crippen LogP contribution in [-0.2, 0) is 21.2 Å². The predicted octanol–water partition coefficient (Wildman–Crippen LogP) is 2.93. The number of sulfonamides is 1. The van der Waals surface area contributed by atoms with Crippen molar-refractivity contribution in [3.8, 4) is 0 Å². The van der Waals surface area contributed by atoms with Crippen molar-refractivity contribution in [3.05, 3.63) is 58.6 Å². The molecule has 2 aromatic rings. The molecule has 122 valence electrons. The third kappa shape index (κ3) is 5.37. The fourth-order valence-electron chi connectivity index (χ4n) is 1.95. The highest BCUT2D eigenvalue weighted by Gasteiger charge is 2.13. The van der Waals surface area contributed by atoms with E-state index < -0.39 is 10.0 Å². The zero-order chi connectivity index (χ0) is 16.9. The molecular formula is C16H17BrN2O3S. The van der Waals surface area contributed by atoms with Crippen LogP contribution in [0, 0.1) is 0 Å². The third-order valence-electron chi connectivity index (χ3n) is 3.12. The average Bonchev–Trinajstić information content (AvgIpc) is 2.50. The van der Waals surface area contributed by atoms with E-state index in [9.17, 15) is 13.2 Å². The third-order valence-corrected chi connectivity index (χ3v) is 5.04. The predicted molar refractivity (Wildman–Crippen MR) is 93.8 cm³/mol. The number of halogens is 1. The Morgan fingerprint density at radius 1 is 1.04 bits per heavy atom. The first-order valence-corrected chi connectivity index (χ1v) is 9.26. The fraction of sp³-hybridized carbons (Fsp3) is 0.188. The number of carbonyl (C=O) groups is 1. The summed E-state index contributed by atoms with van der Waals surface area (Å²) in [5.74, 6) is -0.0807. The Bertz CT molecular complexity index is 772. The van der Waals surface area contributed by atoms with E-state index in [0.29, 0.717) is 18.7 Å². The van der Waals surface area contributed by atoms with Crippen LogP contribution in [0.5, 0.6) is 0 Å². The zero-order valence-electron chi connectivity index (χ0n) is 12.5. The van der Waals surface area contributed by atoms with Gasteiger partial charge in [-0.15, -0.1) is 0 Å². The van der Waals surface area contributed by atoms with Crippen molar-refractivity contribution in [2.75, 3.05) is 11.3 Å². The molecule has 0 heterocycles. The van der Waals surface area contributed by atoms with E-state index in [-0.39, 0.29) is 10.8 Å². The Balaban J connectivity index is 2.05. The number of rotatable bonds is 6. The van der Waals surface area contributed by atoms with Gasteiger partial charge in [-0.05, 0) is 48.4 Å². The molecule has 0 unspecified atom stereocenters. The molecule has 0 aromatic heterocycles. The number of hydrogen-bond donors (Lipinski definition) is 2. The van der Waals surface area contributed by atoms with Crippen molar-refractivity contribution in [1.82, 2.24) is 5.32 Å². The molecule has 0 bridgehead atoms. The van der Waals surface area contributed by atoms with Crippen LogP contribution in [0.4, 0.5) is 5.69 Å². The van der Waals surface area contributed by atoms with Gasteiger partial charge in [-0.1, -0.05) is 28.1 Å². The smallest absolute Gasteiger partial charge is 0.261 e. The number of hydrogen-bond acceptors (Lipinski definition) is 3. The highest BCUT2D eigenvalue weighted by Crippen LogP contribution is 2.19. The monoisotopic (exact) mass is 396 g/mol.